The van der Waals surface area contributed by atoms with Crippen LogP contribution in [0.2, 0.25) is 0 Å². The first-order valence-corrected chi connectivity index (χ1v) is 4.73. The number of fused-ring (bicyclic) bond motifs is 1. The monoisotopic (exact) mass is 205 g/mol. The van der Waals surface area contributed by atoms with Gasteiger partial charge in [0.2, 0.25) is 0 Å². The van der Waals surface area contributed by atoms with Gasteiger partial charge in [0.05, 0.1) is 5.92 Å². The number of hydrogen-bond donors (Lipinski definition) is 2. The third kappa shape index (κ3) is 2.15. The Morgan fingerprint density at radius 1 is 1.31 bits per heavy atom. The minimum absolute atomic E-state index is 0. The van der Waals surface area contributed by atoms with Crippen LogP contribution in [0.3, 0.4) is 0 Å². The molecule has 2 aliphatic rings. The van der Waals surface area contributed by atoms with Gasteiger partial charge in [0.15, 0.2) is 0 Å². The number of carbonyl (C=O) groups is 1. The lowest BCUT2D eigenvalue weighted by atomic mass is 9.79. The van der Waals surface area contributed by atoms with E-state index in [0.29, 0.717) is 6.04 Å². The first kappa shape index (κ1) is 10.8. The van der Waals surface area contributed by atoms with E-state index in [9.17, 15) is 4.79 Å². The molecule has 76 valence electrons. The van der Waals surface area contributed by atoms with Crippen LogP contribution >= 0.6 is 12.4 Å². The normalized spacial score (nSPS) is 37.7. The molecule has 1 saturated heterocycles. The molecule has 1 heterocycles. The zero-order chi connectivity index (χ0) is 8.55. The van der Waals surface area contributed by atoms with Crippen molar-refractivity contribution in [2.24, 2.45) is 11.8 Å². The molecule has 0 radical (unpaired) electrons. The first-order chi connectivity index (χ1) is 5.77. The average Bonchev–Trinajstić information content (AvgIpc) is 2.49. The Labute approximate surface area is 84.3 Å². The summed E-state index contributed by atoms with van der Waals surface area (Å²) in [5.74, 6) is 0.0691. The molecule has 0 unspecified atom stereocenters. The number of rotatable bonds is 1. The molecule has 1 aliphatic carbocycles. The molecule has 0 aromatic heterocycles. The minimum atomic E-state index is -0.609. The van der Waals surface area contributed by atoms with E-state index in [1.807, 2.05) is 0 Å². The van der Waals surface area contributed by atoms with E-state index in [4.69, 9.17) is 5.11 Å². The van der Waals surface area contributed by atoms with Gasteiger partial charge in [0.25, 0.3) is 0 Å². The average molecular weight is 206 g/mol. The lowest BCUT2D eigenvalue weighted by Crippen LogP contribution is -2.36. The SMILES string of the molecule is Cl.O=C(O)[C@@H]1CC[C@H]2CCN[C@H]2C1. The van der Waals surface area contributed by atoms with E-state index >= 15 is 0 Å². The zero-order valence-corrected chi connectivity index (χ0v) is 8.35. The zero-order valence-electron chi connectivity index (χ0n) is 7.53. The van der Waals surface area contributed by atoms with E-state index in [2.05, 4.69) is 5.32 Å². The van der Waals surface area contributed by atoms with Gasteiger partial charge in [-0.2, -0.15) is 0 Å². The maximum absolute atomic E-state index is 10.7. The lowest BCUT2D eigenvalue weighted by Gasteiger charge is -2.29. The van der Waals surface area contributed by atoms with E-state index in [1.54, 1.807) is 0 Å². The second-order valence-electron chi connectivity index (χ2n) is 3.96. The molecule has 2 fully saturated rings. The fraction of sp³-hybridized carbons (Fsp3) is 0.889. The number of aliphatic carboxylic acids is 1. The Kier molecular flexibility index (Phi) is 3.56. The van der Waals surface area contributed by atoms with Gasteiger partial charge in [0, 0.05) is 6.04 Å². The van der Waals surface area contributed by atoms with Crippen LogP contribution in [-0.4, -0.2) is 23.7 Å². The van der Waals surface area contributed by atoms with Gasteiger partial charge in [-0.1, -0.05) is 0 Å². The Bertz CT molecular complexity index is 198. The van der Waals surface area contributed by atoms with E-state index in [1.165, 1.54) is 6.42 Å². The van der Waals surface area contributed by atoms with Gasteiger partial charge in [0.1, 0.15) is 0 Å². The molecule has 0 spiro atoms. The van der Waals surface area contributed by atoms with Crippen LogP contribution in [0.25, 0.3) is 0 Å². The lowest BCUT2D eigenvalue weighted by molar-refractivity contribution is -0.143. The van der Waals surface area contributed by atoms with Crippen molar-refractivity contribution in [3.05, 3.63) is 0 Å². The summed E-state index contributed by atoms with van der Waals surface area (Å²) in [7, 11) is 0. The van der Waals surface area contributed by atoms with Crippen LogP contribution in [0.4, 0.5) is 0 Å². The van der Waals surface area contributed by atoms with Gasteiger partial charge < -0.3 is 10.4 Å². The molecule has 2 rings (SSSR count). The summed E-state index contributed by atoms with van der Waals surface area (Å²) in [4.78, 5) is 10.7. The predicted molar refractivity (Wildman–Crippen MR) is 52.1 cm³/mol. The molecule has 3 atom stereocenters. The van der Waals surface area contributed by atoms with Crippen molar-refractivity contribution in [3.63, 3.8) is 0 Å². The van der Waals surface area contributed by atoms with Crippen molar-refractivity contribution >= 4 is 18.4 Å². The van der Waals surface area contributed by atoms with Gasteiger partial charge in [-0.25, -0.2) is 0 Å². The quantitative estimate of drug-likeness (QED) is 0.678. The van der Waals surface area contributed by atoms with Crippen molar-refractivity contribution in [1.29, 1.82) is 0 Å². The van der Waals surface area contributed by atoms with Crippen LogP contribution in [0, 0.1) is 11.8 Å². The van der Waals surface area contributed by atoms with E-state index < -0.39 is 5.97 Å². The number of hydrogen-bond acceptors (Lipinski definition) is 2. The summed E-state index contributed by atoms with van der Waals surface area (Å²) < 4.78 is 0. The number of carboxylic acids is 1. The van der Waals surface area contributed by atoms with Crippen LogP contribution < -0.4 is 5.32 Å². The maximum atomic E-state index is 10.7. The Morgan fingerprint density at radius 3 is 2.77 bits per heavy atom. The fourth-order valence-electron chi connectivity index (χ4n) is 2.51. The molecule has 0 bridgehead atoms. The summed E-state index contributed by atoms with van der Waals surface area (Å²) in [6, 6.07) is 0.500. The van der Waals surface area contributed by atoms with Crippen molar-refractivity contribution < 1.29 is 9.90 Å². The van der Waals surface area contributed by atoms with Crippen molar-refractivity contribution in [3.8, 4) is 0 Å². The Balaban J connectivity index is 0.000000845. The molecule has 3 nitrogen and oxygen atoms in total. The fourth-order valence-corrected chi connectivity index (χ4v) is 2.51. The van der Waals surface area contributed by atoms with Crippen LogP contribution in [0.15, 0.2) is 0 Å². The largest absolute Gasteiger partial charge is 0.481 e. The molecule has 4 heteroatoms. The van der Waals surface area contributed by atoms with Gasteiger partial charge >= 0.3 is 5.97 Å². The summed E-state index contributed by atoms with van der Waals surface area (Å²) in [6.07, 6.45) is 4.09. The Hall–Kier alpha value is -0.280. The Morgan fingerprint density at radius 2 is 2.08 bits per heavy atom. The summed E-state index contributed by atoms with van der Waals surface area (Å²) in [5, 5.41) is 12.2. The standard InChI is InChI=1S/C9H15NO2.ClH/c11-9(12)7-2-1-6-3-4-10-8(6)5-7;/h6-8,10H,1-5H2,(H,11,12);1H/t6-,7+,8-;/m0./s1. The summed E-state index contributed by atoms with van der Waals surface area (Å²) >= 11 is 0. The minimum Gasteiger partial charge on any atom is -0.481 e. The molecule has 1 saturated carbocycles. The third-order valence-corrected chi connectivity index (χ3v) is 3.26. The predicted octanol–water partition coefficient (Wildman–Crippen LogP) is 1.27. The highest BCUT2D eigenvalue weighted by atomic mass is 35.5. The highest BCUT2D eigenvalue weighted by molar-refractivity contribution is 5.85. The number of halogens is 1. The molecule has 0 aromatic carbocycles. The summed E-state index contributed by atoms with van der Waals surface area (Å²) in [5.41, 5.74) is 0. The molecular formula is C9H16ClNO2. The third-order valence-electron chi connectivity index (χ3n) is 3.26. The highest BCUT2D eigenvalue weighted by Crippen LogP contribution is 2.33. The van der Waals surface area contributed by atoms with Gasteiger partial charge in [-0.3, -0.25) is 4.79 Å². The van der Waals surface area contributed by atoms with Gasteiger partial charge in [-0.05, 0) is 38.1 Å². The van der Waals surface area contributed by atoms with Crippen molar-refractivity contribution in [2.45, 2.75) is 31.7 Å². The molecule has 2 N–H and O–H groups in total. The second-order valence-corrected chi connectivity index (χ2v) is 3.96. The second kappa shape index (κ2) is 4.29. The molecule has 13 heavy (non-hydrogen) atoms. The molecule has 0 aromatic rings. The first-order valence-electron chi connectivity index (χ1n) is 4.73. The topological polar surface area (TPSA) is 49.3 Å². The van der Waals surface area contributed by atoms with Gasteiger partial charge in [-0.15, -0.1) is 12.4 Å². The molecule has 1 aliphatic heterocycles. The molecule has 0 amide bonds. The number of carboxylic acid groups (broad SMARTS) is 1. The smallest absolute Gasteiger partial charge is 0.306 e. The summed E-state index contributed by atoms with van der Waals surface area (Å²) in [6.45, 7) is 1.08. The van der Waals surface area contributed by atoms with Crippen LogP contribution in [0.5, 0.6) is 0 Å². The van der Waals surface area contributed by atoms with Crippen LogP contribution in [0.1, 0.15) is 25.7 Å². The number of nitrogens with one attached hydrogen (secondary N) is 1. The highest BCUT2D eigenvalue weighted by Gasteiger charge is 2.35. The van der Waals surface area contributed by atoms with Crippen LogP contribution in [-0.2, 0) is 4.79 Å². The van der Waals surface area contributed by atoms with E-state index in [0.717, 1.165) is 31.7 Å². The maximum Gasteiger partial charge on any atom is 0.306 e. The molecular weight excluding hydrogens is 190 g/mol. The van der Waals surface area contributed by atoms with E-state index in [-0.39, 0.29) is 18.3 Å². The van der Waals surface area contributed by atoms with Crippen molar-refractivity contribution in [2.75, 3.05) is 6.54 Å². The van der Waals surface area contributed by atoms with Crippen molar-refractivity contribution in [1.82, 2.24) is 5.32 Å².